The van der Waals surface area contributed by atoms with Crippen LogP contribution in [0.3, 0.4) is 0 Å². The van der Waals surface area contributed by atoms with Crippen molar-refractivity contribution in [2.45, 2.75) is 20.3 Å². The molecule has 0 fully saturated rings. The van der Waals surface area contributed by atoms with Crippen LogP contribution < -0.4 is 15.4 Å². The molecule has 7 heteroatoms. The first-order chi connectivity index (χ1) is 11.0. The smallest absolute Gasteiger partial charge is 0.191 e. The van der Waals surface area contributed by atoms with Crippen LogP contribution in [0.5, 0.6) is 5.75 Å². The molecule has 6 nitrogen and oxygen atoms in total. The Bertz CT molecular complexity index is 583. The summed E-state index contributed by atoms with van der Waals surface area (Å²) in [4.78, 5) is 4.30. The Balaban J connectivity index is 2.45. The molecule has 0 bridgehead atoms. The molecule has 130 valence electrons. The van der Waals surface area contributed by atoms with E-state index in [2.05, 4.69) is 15.6 Å². The highest BCUT2D eigenvalue weighted by molar-refractivity contribution is 7.91. The lowest BCUT2D eigenvalue weighted by molar-refractivity contribution is 0.414. The van der Waals surface area contributed by atoms with E-state index >= 15 is 0 Å². The minimum absolute atomic E-state index is 0.0819. The number of aliphatic imine (C=N–C) groups is 1. The van der Waals surface area contributed by atoms with E-state index in [1.54, 1.807) is 14.0 Å². The van der Waals surface area contributed by atoms with Gasteiger partial charge in [0, 0.05) is 18.8 Å². The van der Waals surface area contributed by atoms with Gasteiger partial charge in [0.25, 0.3) is 0 Å². The number of nitrogens with zero attached hydrogens (tertiary/aromatic N) is 1. The van der Waals surface area contributed by atoms with Gasteiger partial charge in [-0.25, -0.2) is 8.42 Å². The highest BCUT2D eigenvalue weighted by atomic mass is 32.2. The summed E-state index contributed by atoms with van der Waals surface area (Å²) >= 11 is 0. The number of benzene rings is 1. The lowest BCUT2D eigenvalue weighted by atomic mass is 10.1. The van der Waals surface area contributed by atoms with Gasteiger partial charge in [-0.1, -0.05) is 19.1 Å². The topological polar surface area (TPSA) is 79.8 Å². The van der Waals surface area contributed by atoms with Crippen molar-refractivity contribution in [3.8, 4) is 5.75 Å². The van der Waals surface area contributed by atoms with Crippen molar-refractivity contribution in [1.29, 1.82) is 0 Å². The molecule has 0 aliphatic carbocycles. The summed E-state index contributed by atoms with van der Waals surface area (Å²) in [5, 5.41) is 6.33. The summed E-state index contributed by atoms with van der Waals surface area (Å²) < 4.78 is 28.1. The SMILES string of the molecule is CCNC(=NCCS(=O)(=O)CC)NCCc1ccc(OC)cc1. The predicted octanol–water partition coefficient (Wildman–Crippen LogP) is 1.23. The Morgan fingerprint density at radius 2 is 1.87 bits per heavy atom. The average molecular weight is 341 g/mol. The van der Waals surface area contributed by atoms with Crippen molar-refractivity contribution in [3.63, 3.8) is 0 Å². The van der Waals surface area contributed by atoms with E-state index in [-0.39, 0.29) is 18.1 Å². The molecule has 0 aromatic heterocycles. The minimum Gasteiger partial charge on any atom is -0.497 e. The van der Waals surface area contributed by atoms with Crippen LogP contribution >= 0.6 is 0 Å². The quantitative estimate of drug-likeness (QED) is 0.522. The van der Waals surface area contributed by atoms with Crippen molar-refractivity contribution in [2.24, 2.45) is 4.99 Å². The minimum atomic E-state index is -2.97. The zero-order valence-electron chi connectivity index (χ0n) is 14.1. The molecule has 0 aliphatic rings. The van der Waals surface area contributed by atoms with Crippen LogP contribution in [0.1, 0.15) is 19.4 Å². The summed E-state index contributed by atoms with van der Waals surface area (Å²) in [5.41, 5.74) is 1.20. The summed E-state index contributed by atoms with van der Waals surface area (Å²) in [5.74, 6) is 1.73. The number of hydrogen-bond donors (Lipinski definition) is 2. The Morgan fingerprint density at radius 1 is 1.17 bits per heavy atom. The maximum absolute atomic E-state index is 11.5. The Hall–Kier alpha value is -1.76. The van der Waals surface area contributed by atoms with Crippen molar-refractivity contribution in [1.82, 2.24) is 10.6 Å². The number of methoxy groups -OCH3 is 1. The fourth-order valence-corrected chi connectivity index (χ4v) is 2.56. The highest BCUT2D eigenvalue weighted by Gasteiger charge is 2.06. The van der Waals surface area contributed by atoms with Gasteiger partial charge < -0.3 is 15.4 Å². The van der Waals surface area contributed by atoms with Gasteiger partial charge in [-0.15, -0.1) is 0 Å². The van der Waals surface area contributed by atoms with Crippen LogP contribution in [0, 0.1) is 0 Å². The van der Waals surface area contributed by atoms with E-state index in [9.17, 15) is 8.42 Å². The van der Waals surface area contributed by atoms with E-state index in [0.717, 1.165) is 25.3 Å². The molecular formula is C16H27N3O3S. The molecule has 0 spiro atoms. The molecule has 23 heavy (non-hydrogen) atoms. The standard InChI is InChI=1S/C16H27N3O3S/c1-4-17-16(19-12-13-23(20,21)5-2)18-11-10-14-6-8-15(22-3)9-7-14/h6-9H,4-5,10-13H2,1-3H3,(H2,17,18,19). The summed E-state index contributed by atoms with van der Waals surface area (Å²) in [6.45, 7) is 5.35. The fraction of sp³-hybridized carbons (Fsp3) is 0.562. The zero-order valence-corrected chi connectivity index (χ0v) is 14.9. The van der Waals surface area contributed by atoms with Crippen LogP contribution in [-0.4, -0.2) is 52.6 Å². The van der Waals surface area contributed by atoms with Gasteiger partial charge in [0.15, 0.2) is 15.8 Å². The summed E-state index contributed by atoms with van der Waals surface area (Å²) in [6.07, 6.45) is 0.849. The maximum atomic E-state index is 11.5. The van der Waals surface area contributed by atoms with E-state index in [1.165, 1.54) is 5.56 Å². The zero-order chi connectivity index (χ0) is 17.1. The molecule has 0 saturated heterocycles. The number of sulfone groups is 1. The average Bonchev–Trinajstić information content (AvgIpc) is 2.55. The Labute approximate surface area is 139 Å². The molecule has 0 amide bonds. The van der Waals surface area contributed by atoms with Crippen LogP contribution in [0.15, 0.2) is 29.3 Å². The number of guanidine groups is 1. The van der Waals surface area contributed by atoms with E-state index < -0.39 is 9.84 Å². The lowest BCUT2D eigenvalue weighted by Gasteiger charge is -2.11. The third-order valence-electron chi connectivity index (χ3n) is 3.32. The molecule has 1 aromatic rings. The first-order valence-corrected chi connectivity index (χ1v) is 9.68. The van der Waals surface area contributed by atoms with E-state index in [4.69, 9.17) is 4.74 Å². The molecule has 2 N–H and O–H groups in total. The van der Waals surface area contributed by atoms with E-state index in [0.29, 0.717) is 5.96 Å². The van der Waals surface area contributed by atoms with Crippen molar-refractivity contribution >= 4 is 15.8 Å². The van der Waals surface area contributed by atoms with Crippen molar-refractivity contribution < 1.29 is 13.2 Å². The molecule has 0 aliphatic heterocycles. The summed E-state index contributed by atoms with van der Waals surface area (Å²) in [7, 11) is -1.33. The van der Waals surface area contributed by atoms with Crippen LogP contribution in [-0.2, 0) is 16.3 Å². The van der Waals surface area contributed by atoms with Crippen LogP contribution in [0.2, 0.25) is 0 Å². The third-order valence-corrected chi connectivity index (χ3v) is 5.01. The van der Waals surface area contributed by atoms with E-state index in [1.807, 2.05) is 31.2 Å². The fourth-order valence-electron chi connectivity index (χ4n) is 1.90. The lowest BCUT2D eigenvalue weighted by Crippen LogP contribution is -2.38. The Kier molecular flexibility index (Phi) is 8.47. The highest BCUT2D eigenvalue weighted by Crippen LogP contribution is 2.11. The van der Waals surface area contributed by atoms with Gasteiger partial charge in [-0.2, -0.15) is 0 Å². The molecule has 0 unspecified atom stereocenters. The van der Waals surface area contributed by atoms with Crippen LogP contribution in [0.25, 0.3) is 0 Å². The second-order valence-corrected chi connectivity index (χ2v) is 7.49. The number of ether oxygens (including phenoxy) is 1. The second-order valence-electron chi connectivity index (χ2n) is 5.02. The second kappa shape index (κ2) is 10.1. The number of rotatable bonds is 9. The van der Waals surface area contributed by atoms with Gasteiger partial charge in [0.05, 0.1) is 19.4 Å². The maximum Gasteiger partial charge on any atom is 0.191 e. The van der Waals surface area contributed by atoms with Crippen molar-refractivity contribution in [2.75, 3.05) is 38.2 Å². The monoisotopic (exact) mass is 341 g/mol. The van der Waals surface area contributed by atoms with Gasteiger partial charge in [-0.3, -0.25) is 4.99 Å². The van der Waals surface area contributed by atoms with Gasteiger partial charge in [0.2, 0.25) is 0 Å². The van der Waals surface area contributed by atoms with Crippen molar-refractivity contribution in [3.05, 3.63) is 29.8 Å². The van der Waals surface area contributed by atoms with Gasteiger partial charge in [-0.05, 0) is 31.0 Å². The third kappa shape index (κ3) is 7.88. The summed E-state index contributed by atoms with van der Waals surface area (Å²) in [6, 6.07) is 7.92. The molecule has 0 atom stereocenters. The Morgan fingerprint density at radius 3 is 2.43 bits per heavy atom. The predicted molar refractivity (Wildman–Crippen MR) is 95.0 cm³/mol. The van der Waals surface area contributed by atoms with Crippen LogP contribution in [0.4, 0.5) is 0 Å². The molecular weight excluding hydrogens is 314 g/mol. The largest absolute Gasteiger partial charge is 0.497 e. The normalized spacial score (nSPS) is 12.0. The molecule has 1 rings (SSSR count). The first-order valence-electron chi connectivity index (χ1n) is 7.86. The molecule has 1 aromatic carbocycles. The first kappa shape index (κ1) is 19.3. The molecule has 0 saturated carbocycles. The number of nitrogens with one attached hydrogen (secondary N) is 2. The van der Waals surface area contributed by atoms with Gasteiger partial charge in [0.1, 0.15) is 5.75 Å². The van der Waals surface area contributed by atoms with Gasteiger partial charge >= 0.3 is 0 Å². The molecule has 0 heterocycles. The molecule has 0 radical (unpaired) electrons. The number of hydrogen-bond acceptors (Lipinski definition) is 4.